The number of benzene rings is 3. The summed E-state index contributed by atoms with van der Waals surface area (Å²) in [5, 5.41) is 10.2. The van der Waals surface area contributed by atoms with E-state index in [1.807, 2.05) is 66.7 Å². The van der Waals surface area contributed by atoms with Gasteiger partial charge in [-0.2, -0.15) is 0 Å². The molecule has 7 heteroatoms. The number of fused-ring (bicyclic) bond motifs is 1. The van der Waals surface area contributed by atoms with Crippen molar-refractivity contribution in [1.82, 2.24) is 4.90 Å². The molecule has 1 heterocycles. The van der Waals surface area contributed by atoms with Crippen molar-refractivity contribution in [3.05, 3.63) is 89.5 Å². The molecule has 3 aromatic carbocycles. The quantitative estimate of drug-likeness (QED) is 0.437. The number of carboxylic acids is 1. The maximum atomic E-state index is 14.0. The molecule has 3 aromatic rings. The number of ether oxygens (including phenoxy) is 3. The number of nitrogens with zero attached hydrogens (tertiary/aromatic N) is 1. The Hall–Kier alpha value is -3.84. The molecule has 192 valence electrons. The first-order valence-corrected chi connectivity index (χ1v) is 12.7. The summed E-state index contributed by atoms with van der Waals surface area (Å²) in [4.78, 5) is 27.9. The van der Waals surface area contributed by atoms with Gasteiger partial charge in [0.25, 0.3) is 5.91 Å². The number of amides is 1. The highest BCUT2D eigenvalue weighted by Gasteiger charge is 2.41. The summed E-state index contributed by atoms with van der Waals surface area (Å²) in [6.45, 7) is 0.137. The van der Waals surface area contributed by atoms with Crippen LogP contribution in [0.15, 0.2) is 72.8 Å². The Labute approximate surface area is 216 Å². The van der Waals surface area contributed by atoms with Gasteiger partial charge in [-0.1, -0.05) is 67.4 Å². The topological polar surface area (TPSA) is 85.3 Å². The fourth-order valence-corrected chi connectivity index (χ4v) is 5.22. The van der Waals surface area contributed by atoms with Crippen LogP contribution in [0.1, 0.15) is 48.5 Å². The van der Waals surface area contributed by atoms with Gasteiger partial charge in [-0.25, -0.2) is 4.79 Å². The Kier molecular flexibility index (Phi) is 7.42. The van der Waals surface area contributed by atoms with Gasteiger partial charge >= 0.3 is 5.97 Å². The van der Waals surface area contributed by atoms with Gasteiger partial charge in [0.1, 0.15) is 11.8 Å². The largest absolute Gasteiger partial charge is 0.493 e. The van der Waals surface area contributed by atoms with Crippen LogP contribution in [0.3, 0.4) is 0 Å². The molecule has 0 aromatic heterocycles. The molecule has 1 aliphatic carbocycles. The van der Waals surface area contributed by atoms with Crippen molar-refractivity contribution < 1.29 is 28.9 Å². The van der Waals surface area contributed by atoms with Gasteiger partial charge in [-0.3, -0.25) is 4.79 Å². The number of rotatable bonds is 8. The minimum atomic E-state index is -1.07. The maximum Gasteiger partial charge on any atom is 0.326 e. The van der Waals surface area contributed by atoms with Gasteiger partial charge in [-0.05, 0) is 42.2 Å². The molecule has 7 nitrogen and oxygen atoms in total. The molecule has 0 bridgehead atoms. The number of carbonyl (C=O) groups is 2. The Morgan fingerprint density at radius 3 is 2.27 bits per heavy atom. The zero-order chi connectivity index (χ0) is 25.8. The van der Waals surface area contributed by atoms with Gasteiger partial charge in [0.15, 0.2) is 17.6 Å². The summed E-state index contributed by atoms with van der Waals surface area (Å²) in [5.74, 6) is 0.205. The first-order valence-electron chi connectivity index (χ1n) is 12.7. The summed E-state index contributed by atoms with van der Waals surface area (Å²) in [6.07, 6.45) is 3.18. The van der Waals surface area contributed by atoms with Gasteiger partial charge < -0.3 is 24.2 Å². The average molecular weight is 502 g/mol. The highest BCUT2D eigenvalue weighted by molar-refractivity contribution is 5.88. The molecular formula is C30H31NO6. The van der Waals surface area contributed by atoms with E-state index in [0.717, 1.165) is 42.4 Å². The van der Waals surface area contributed by atoms with Crippen molar-refractivity contribution in [3.63, 3.8) is 0 Å². The van der Waals surface area contributed by atoms with Crippen LogP contribution in [0, 0.1) is 0 Å². The van der Waals surface area contributed by atoms with Crippen molar-refractivity contribution in [3.8, 4) is 17.2 Å². The van der Waals surface area contributed by atoms with Crippen LogP contribution in [0.2, 0.25) is 0 Å². The second kappa shape index (κ2) is 11.0. The Bertz CT molecular complexity index is 1240. The van der Waals surface area contributed by atoms with E-state index >= 15 is 0 Å². The molecule has 2 atom stereocenters. The Morgan fingerprint density at radius 1 is 0.946 bits per heavy atom. The molecule has 1 aliphatic heterocycles. The van der Waals surface area contributed by atoms with E-state index in [0.29, 0.717) is 17.2 Å². The lowest BCUT2D eigenvalue weighted by molar-refractivity contribution is -0.160. The number of hydrogen-bond acceptors (Lipinski definition) is 5. The number of aliphatic carboxylic acids is 1. The van der Waals surface area contributed by atoms with E-state index < -0.39 is 18.1 Å². The summed E-state index contributed by atoms with van der Waals surface area (Å²) < 4.78 is 18.1. The lowest BCUT2D eigenvalue weighted by Crippen LogP contribution is -2.50. The summed E-state index contributed by atoms with van der Waals surface area (Å²) in [5.41, 5.74) is 2.29. The number of hydrogen-bond donors (Lipinski definition) is 1. The van der Waals surface area contributed by atoms with Crippen molar-refractivity contribution in [2.45, 2.75) is 56.9 Å². The Balaban J connectivity index is 1.50. The van der Waals surface area contributed by atoms with Crippen LogP contribution in [0.5, 0.6) is 17.2 Å². The summed E-state index contributed by atoms with van der Waals surface area (Å²) in [7, 11) is 1.55. The fraction of sp³-hybridized carbons (Fsp3) is 0.333. The molecule has 1 N–H and O–H groups in total. The van der Waals surface area contributed by atoms with E-state index in [-0.39, 0.29) is 25.0 Å². The minimum Gasteiger partial charge on any atom is -0.493 e. The number of para-hydroxylation sites is 1. The van der Waals surface area contributed by atoms with Gasteiger partial charge in [0.05, 0.1) is 13.2 Å². The van der Waals surface area contributed by atoms with E-state index in [2.05, 4.69) is 0 Å². The molecule has 0 saturated heterocycles. The minimum absolute atomic E-state index is 0.00959. The third kappa shape index (κ3) is 5.32. The predicted molar refractivity (Wildman–Crippen MR) is 138 cm³/mol. The van der Waals surface area contributed by atoms with Crippen LogP contribution < -0.4 is 9.47 Å². The normalized spacial score (nSPS) is 18.2. The van der Waals surface area contributed by atoms with Crippen LogP contribution in [0.25, 0.3) is 0 Å². The zero-order valence-corrected chi connectivity index (χ0v) is 20.8. The average Bonchev–Trinajstić information content (AvgIpc) is 3.45. The van der Waals surface area contributed by atoms with Crippen LogP contribution in [-0.2, 0) is 27.3 Å². The lowest BCUT2D eigenvalue weighted by atomic mass is 9.91. The third-order valence-electron chi connectivity index (χ3n) is 7.14. The molecule has 1 saturated carbocycles. The monoisotopic (exact) mass is 501 g/mol. The van der Waals surface area contributed by atoms with Crippen LogP contribution in [-0.4, -0.2) is 41.1 Å². The number of carboxylic acid groups (broad SMARTS) is 1. The van der Waals surface area contributed by atoms with Crippen LogP contribution in [0.4, 0.5) is 0 Å². The lowest BCUT2D eigenvalue weighted by Gasteiger charge is -2.37. The standard InChI is InChI=1S/C30H31NO6/c1-35-26-17-16-21-19-31(25(30(33)34)18-24(21)28(26)37-23-12-6-3-7-13-23)29(32)27(20-10-4-2-5-11-20)36-22-14-8-9-15-22/h2-7,10-13,16-17,22,25,27H,8-9,14-15,18-19H2,1H3,(H,33,34)/t25-,27+/m0/s1. The SMILES string of the molecule is COc1ccc2c(c1Oc1ccccc1)C[C@@H](C(=O)O)N(C(=O)[C@H](OC1CCCC1)c1ccccc1)C2. The molecule has 0 spiro atoms. The highest BCUT2D eigenvalue weighted by Crippen LogP contribution is 2.41. The maximum absolute atomic E-state index is 14.0. The highest BCUT2D eigenvalue weighted by atomic mass is 16.5. The third-order valence-corrected chi connectivity index (χ3v) is 7.14. The molecule has 5 rings (SSSR count). The van der Waals surface area contributed by atoms with Crippen molar-refractivity contribution in [2.24, 2.45) is 0 Å². The molecule has 0 unspecified atom stereocenters. The second-order valence-electron chi connectivity index (χ2n) is 9.51. The molecule has 0 radical (unpaired) electrons. The fourth-order valence-electron chi connectivity index (χ4n) is 5.22. The second-order valence-corrected chi connectivity index (χ2v) is 9.51. The molecular weight excluding hydrogens is 470 g/mol. The van der Waals surface area contributed by atoms with Crippen molar-refractivity contribution in [1.29, 1.82) is 0 Å². The van der Waals surface area contributed by atoms with E-state index in [1.54, 1.807) is 13.2 Å². The van der Waals surface area contributed by atoms with Crippen molar-refractivity contribution >= 4 is 11.9 Å². The molecule has 1 amide bonds. The predicted octanol–water partition coefficient (Wildman–Crippen LogP) is 5.53. The van der Waals surface area contributed by atoms with Gasteiger partial charge in [0.2, 0.25) is 0 Å². The van der Waals surface area contributed by atoms with Crippen molar-refractivity contribution in [2.75, 3.05) is 7.11 Å². The Morgan fingerprint density at radius 2 is 1.62 bits per heavy atom. The molecule has 2 aliphatic rings. The van der Waals surface area contributed by atoms with Gasteiger partial charge in [0, 0.05) is 18.5 Å². The first kappa shape index (κ1) is 24.8. The number of methoxy groups -OCH3 is 1. The molecule has 1 fully saturated rings. The summed E-state index contributed by atoms with van der Waals surface area (Å²) >= 11 is 0. The zero-order valence-electron chi connectivity index (χ0n) is 20.8. The number of carbonyl (C=O) groups excluding carboxylic acids is 1. The van der Waals surface area contributed by atoms with Gasteiger partial charge in [-0.15, -0.1) is 0 Å². The van der Waals surface area contributed by atoms with E-state index in [4.69, 9.17) is 14.2 Å². The smallest absolute Gasteiger partial charge is 0.326 e. The van der Waals surface area contributed by atoms with Crippen LogP contribution >= 0.6 is 0 Å². The first-order chi connectivity index (χ1) is 18.0. The molecule has 37 heavy (non-hydrogen) atoms. The van der Waals surface area contributed by atoms with E-state index in [9.17, 15) is 14.7 Å². The summed E-state index contributed by atoms with van der Waals surface area (Å²) in [6, 6.07) is 21.2. The van der Waals surface area contributed by atoms with E-state index in [1.165, 1.54) is 4.90 Å².